The summed E-state index contributed by atoms with van der Waals surface area (Å²) < 4.78 is 3.15. The number of aromatic nitrogens is 4. The van der Waals surface area contributed by atoms with Crippen molar-refractivity contribution in [3.05, 3.63) is 60.0 Å². The van der Waals surface area contributed by atoms with Gasteiger partial charge in [-0.1, -0.05) is 18.2 Å². The number of rotatable bonds is 6. The molecular formula is C22H24N8O2. The summed E-state index contributed by atoms with van der Waals surface area (Å²) in [6, 6.07) is 11.5. The van der Waals surface area contributed by atoms with Gasteiger partial charge in [0.25, 0.3) is 5.91 Å². The van der Waals surface area contributed by atoms with E-state index in [1.54, 1.807) is 28.8 Å². The van der Waals surface area contributed by atoms with Gasteiger partial charge in [0.15, 0.2) is 5.82 Å². The van der Waals surface area contributed by atoms with Gasteiger partial charge in [-0.25, -0.2) is 4.68 Å². The summed E-state index contributed by atoms with van der Waals surface area (Å²) in [5.74, 6) is 0.0202. The second-order valence-electron chi connectivity index (χ2n) is 7.74. The molecule has 1 fully saturated rings. The van der Waals surface area contributed by atoms with Crippen LogP contribution in [0.2, 0.25) is 0 Å². The second kappa shape index (κ2) is 9.45. The number of nitriles is 1. The minimum atomic E-state index is -0.211. The quantitative estimate of drug-likeness (QED) is 0.606. The summed E-state index contributed by atoms with van der Waals surface area (Å²) in [5.41, 5.74) is 1.60. The molecule has 32 heavy (non-hydrogen) atoms. The van der Waals surface area contributed by atoms with Crippen LogP contribution in [0.5, 0.6) is 0 Å². The Bertz CT molecular complexity index is 1140. The van der Waals surface area contributed by atoms with Gasteiger partial charge < -0.3 is 10.6 Å². The average molecular weight is 432 g/mol. The van der Waals surface area contributed by atoms with Crippen molar-refractivity contribution in [2.24, 2.45) is 7.05 Å². The minimum absolute atomic E-state index is 0.0618. The number of aryl methyl sites for hydroxylation is 1. The Kier molecular flexibility index (Phi) is 6.28. The lowest BCUT2D eigenvalue weighted by Gasteiger charge is -2.31. The van der Waals surface area contributed by atoms with Crippen molar-refractivity contribution in [3.63, 3.8) is 0 Å². The molecule has 10 nitrogen and oxygen atoms in total. The Morgan fingerprint density at radius 2 is 1.91 bits per heavy atom. The van der Waals surface area contributed by atoms with Crippen LogP contribution >= 0.6 is 0 Å². The summed E-state index contributed by atoms with van der Waals surface area (Å²) >= 11 is 0. The third-order valence-electron chi connectivity index (χ3n) is 5.41. The molecule has 0 atom stereocenters. The zero-order valence-corrected chi connectivity index (χ0v) is 17.7. The van der Waals surface area contributed by atoms with Crippen molar-refractivity contribution in [2.75, 3.05) is 25.0 Å². The molecule has 0 radical (unpaired) electrons. The Balaban J connectivity index is 1.31. The number of para-hydroxylation sites is 1. The largest absolute Gasteiger partial charge is 0.349 e. The molecule has 1 aliphatic heterocycles. The molecule has 0 bridgehead atoms. The molecule has 10 heteroatoms. The van der Waals surface area contributed by atoms with Crippen LogP contribution in [0.4, 0.5) is 5.82 Å². The summed E-state index contributed by atoms with van der Waals surface area (Å²) in [4.78, 5) is 27.0. The van der Waals surface area contributed by atoms with E-state index in [0.29, 0.717) is 30.0 Å². The highest BCUT2D eigenvalue weighted by atomic mass is 16.2. The van der Waals surface area contributed by atoms with E-state index in [2.05, 4.69) is 26.9 Å². The number of nitrogens with one attached hydrogen (secondary N) is 2. The number of anilines is 1. The van der Waals surface area contributed by atoms with Crippen molar-refractivity contribution >= 4 is 17.6 Å². The zero-order chi connectivity index (χ0) is 22.5. The predicted molar refractivity (Wildman–Crippen MR) is 117 cm³/mol. The van der Waals surface area contributed by atoms with Gasteiger partial charge in [0.05, 0.1) is 30.2 Å². The smallest absolute Gasteiger partial charge is 0.254 e. The van der Waals surface area contributed by atoms with Crippen molar-refractivity contribution in [2.45, 2.75) is 18.9 Å². The molecule has 3 heterocycles. The summed E-state index contributed by atoms with van der Waals surface area (Å²) in [6.45, 7) is 1.58. The number of likely N-dealkylation sites (tertiary alicyclic amines) is 1. The molecule has 2 N–H and O–H groups in total. The lowest BCUT2D eigenvalue weighted by molar-refractivity contribution is -0.117. The van der Waals surface area contributed by atoms with Gasteiger partial charge in [-0.2, -0.15) is 15.5 Å². The van der Waals surface area contributed by atoms with Gasteiger partial charge in [0.1, 0.15) is 11.6 Å². The predicted octanol–water partition coefficient (Wildman–Crippen LogP) is 1.31. The van der Waals surface area contributed by atoms with E-state index in [1.807, 2.05) is 35.2 Å². The molecule has 4 rings (SSSR count). The zero-order valence-electron chi connectivity index (χ0n) is 17.7. The molecule has 0 spiro atoms. The highest BCUT2D eigenvalue weighted by Crippen LogP contribution is 2.20. The fourth-order valence-electron chi connectivity index (χ4n) is 3.73. The van der Waals surface area contributed by atoms with Crippen molar-refractivity contribution in [3.8, 4) is 11.8 Å². The van der Waals surface area contributed by atoms with Crippen LogP contribution in [-0.2, 0) is 11.8 Å². The van der Waals surface area contributed by atoms with Gasteiger partial charge in [-0.05, 0) is 25.0 Å². The Morgan fingerprint density at radius 1 is 1.16 bits per heavy atom. The molecule has 3 aromatic rings. The van der Waals surface area contributed by atoms with Gasteiger partial charge in [0.2, 0.25) is 5.91 Å². The topological polar surface area (TPSA) is 121 Å². The monoisotopic (exact) mass is 432 g/mol. The van der Waals surface area contributed by atoms with Gasteiger partial charge >= 0.3 is 0 Å². The summed E-state index contributed by atoms with van der Waals surface area (Å²) in [7, 11) is 1.77. The van der Waals surface area contributed by atoms with E-state index in [9.17, 15) is 14.9 Å². The maximum Gasteiger partial charge on any atom is 0.254 e. The van der Waals surface area contributed by atoms with E-state index >= 15 is 0 Å². The van der Waals surface area contributed by atoms with Crippen LogP contribution < -0.4 is 10.6 Å². The first-order chi connectivity index (χ1) is 15.5. The average Bonchev–Trinajstić information content (AvgIpc) is 3.41. The number of piperidine rings is 1. The number of nitrogens with zero attached hydrogens (tertiary/aromatic N) is 6. The van der Waals surface area contributed by atoms with Crippen molar-refractivity contribution < 1.29 is 9.59 Å². The van der Waals surface area contributed by atoms with Crippen LogP contribution in [0.25, 0.3) is 5.69 Å². The Labute approximate surface area is 185 Å². The van der Waals surface area contributed by atoms with Gasteiger partial charge in [0, 0.05) is 32.4 Å². The van der Waals surface area contributed by atoms with Gasteiger partial charge in [-0.3, -0.25) is 19.2 Å². The van der Waals surface area contributed by atoms with E-state index < -0.39 is 0 Å². The first kappa shape index (κ1) is 21.3. The lowest BCUT2D eigenvalue weighted by Crippen LogP contribution is -2.46. The third-order valence-corrected chi connectivity index (χ3v) is 5.41. The first-order valence-electron chi connectivity index (χ1n) is 10.4. The Morgan fingerprint density at radius 3 is 2.56 bits per heavy atom. The molecule has 1 aliphatic rings. The van der Waals surface area contributed by atoms with Crippen molar-refractivity contribution in [1.82, 2.24) is 29.8 Å². The molecule has 1 aromatic carbocycles. The highest BCUT2D eigenvalue weighted by Gasteiger charge is 2.24. The highest BCUT2D eigenvalue weighted by molar-refractivity contribution is 5.94. The van der Waals surface area contributed by atoms with E-state index in [1.165, 1.54) is 6.20 Å². The molecule has 164 valence electrons. The van der Waals surface area contributed by atoms with Crippen LogP contribution in [0.3, 0.4) is 0 Å². The van der Waals surface area contributed by atoms with Crippen LogP contribution in [0, 0.1) is 11.3 Å². The Hall–Kier alpha value is -3.97. The van der Waals surface area contributed by atoms with E-state index in [4.69, 9.17) is 0 Å². The SMILES string of the molecule is Cn1cc(C(=O)NC2CCN(CC(=O)Nc3c(C#N)cnn3-c3ccccc3)CC2)cn1. The van der Waals surface area contributed by atoms with Crippen LogP contribution in [0.1, 0.15) is 28.8 Å². The number of carbonyl (C=O) groups is 2. The van der Waals surface area contributed by atoms with Crippen molar-refractivity contribution in [1.29, 1.82) is 5.26 Å². The fraction of sp³-hybridized carbons (Fsp3) is 0.318. The minimum Gasteiger partial charge on any atom is -0.349 e. The molecule has 2 aromatic heterocycles. The summed E-state index contributed by atoms with van der Waals surface area (Å²) in [5, 5.41) is 23.5. The second-order valence-corrected chi connectivity index (χ2v) is 7.74. The lowest BCUT2D eigenvalue weighted by atomic mass is 10.0. The third kappa shape index (κ3) is 4.84. The maximum atomic E-state index is 12.7. The number of amides is 2. The number of benzene rings is 1. The maximum absolute atomic E-state index is 12.7. The first-order valence-corrected chi connectivity index (χ1v) is 10.4. The molecule has 1 saturated heterocycles. The van der Waals surface area contributed by atoms with Crippen LogP contribution in [0.15, 0.2) is 48.9 Å². The number of carbonyl (C=O) groups excluding carboxylic acids is 2. The summed E-state index contributed by atoms with van der Waals surface area (Å²) in [6.07, 6.45) is 6.18. The molecular weight excluding hydrogens is 408 g/mol. The molecule has 0 saturated carbocycles. The van der Waals surface area contributed by atoms with E-state index in [0.717, 1.165) is 18.5 Å². The number of hydrogen-bond donors (Lipinski definition) is 2. The van der Waals surface area contributed by atoms with E-state index in [-0.39, 0.29) is 24.4 Å². The molecule has 0 aliphatic carbocycles. The number of hydrogen-bond acceptors (Lipinski definition) is 6. The van der Waals surface area contributed by atoms with Gasteiger partial charge in [-0.15, -0.1) is 0 Å². The standard InChI is InChI=1S/C22H24N8O2/c1-28-14-17(13-24-28)22(32)26-18-7-9-29(10-8-18)15-20(31)27-21-16(11-23)12-25-30(21)19-5-3-2-4-6-19/h2-6,12-14,18H,7-10,15H2,1H3,(H,26,32)(H,27,31). The molecule has 2 amide bonds. The molecule has 0 unspecified atom stereocenters. The normalized spacial score (nSPS) is 14.6. The fourth-order valence-corrected chi connectivity index (χ4v) is 3.73. The van der Waals surface area contributed by atoms with Crippen LogP contribution in [-0.4, -0.2) is 62.0 Å².